The predicted molar refractivity (Wildman–Crippen MR) is 98.4 cm³/mol. The van der Waals surface area contributed by atoms with Crippen LogP contribution in [0.4, 0.5) is 11.4 Å². The predicted octanol–water partition coefficient (Wildman–Crippen LogP) is 2.68. The Bertz CT molecular complexity index is 606. The normalized spacial score (nSPS) is 20.4. The van der Waals surface area contributed by atoms with Gasteiger partial charge in [0, 0.05) is 52.3 Å². The van der Waals surface area contributed by atoms with Crippen LogP contribution in [-0.2, 0) is 11.8 Å². The van der Waals surface area contributed by atoms with Crippen molar-refractivity contribution in [3.8, 4) is 0 Å². The molecule has 0 aromatic heterocycles. The highest BCUT2D eigenvalue weighted by molar-refractivity contribution is 8.25. The minimum atomic E-state index is -1.99. The number of hydrogen-bond donors (Lipinski definition) is 0. The number of rotatable bonds is 4. The molecule has 0 amide bonds. The molecule has 2 rings (SSSR count). The summed E-state index contributed by atoms with van der Waals surface area (Å²) in [7, 11) is 8.21. The van der Waals surface area contributed by atoms with Crippen LogP contribution in [0.2, 0.25) is 0 Å². The van der Waals surface area contributed by atoms with E-state index in [2.05, 4.69) is 60.6 Å². The number of nitrogens with zero attached hydrogens (tertiary/aromatic N) is 4. The lowest BCUT2D eigenvalue weighted by molar-refractivity contribution is 0.510. The van der Waals surface area contributed by atoms with Crippen molar-refractivity contribution in [1.82, 2.24) is 9.57 Å². The highest BCUT2D eigenvalue weighted by atomic mass is 32.4. The summed E-state index contributed by atoms with van der Waals surface area (Å²) in [6.07, 6.45) is -1.99. The molecule has 1 aliphatic rings. The van der Waals surface area contributed by atoms with Gasteiger partial charge in [0.05, 0.1) is 5.69 Å². The van der Waals surface area contributed by atoms with Crippen LogP contribution < -0.4 is 10.2 Å². The van der Waals surface area contributed by atoms with Crippen LogP contribution in [0.25, 0.3) is 0 Å². The van der Waals surface area contributed by atoms with E-state index in [1.807, 2.05) is 14.1 Å². The second-order valence-corrected chi connectivity index (χ2v) is 9.77. The molecule has 1 aromatic rings. The molecule has 0 bridgehead atoms. The fourth-order valence-corrected chi connectivity index (χ4v) is 7.52. The Balaban J connectivity index is 2.65. The summed E-state index contributed by atoms with van der Waals surface area (Å²) >= 11 is 6.23. The second kappa shape index (κ2) is 6.07. The maximum absolute atomic E-state index is 6.23. The molecule has 0 saturated carbocycles. The average molecular weight is 324 g/mol. The Labute approximate surface area is 133 Å². The van der Waals surface area contributed by atoms with Gasteiger partial charge in [-0.2, -0.15) is 0 Å². The van der Waals surface area contributed by atoms with Gasteiger partial charge in [-0.05, 0) is 18.2 Å². The molecule has 1 unspecified atom stereocenters. The van der Waals surface area contributed by atoms with Crippen molar-refractivity contribution in [2.75, 3.05) is 46.2 Å². The van der Waals surface area contributed by atoms with E-state index >= 15 is 0 Å². The molecule has 6 heteroatoms. The van der Waals surface area contributed by atoms with Crippen LogP contribution >= 0.6 is 6.19 Å². The first-order chi connectivity index (χ1) is 9.86. The zero-order valence-corrected chi connectivity index (χ0v) is 15.5. The summed E-state index contributed by atoms with van der Waals surface area (Å²) in [6, 6.07) is 6.45. The summed E-state index contributed by atoms with van der Waals surface area (Å²) in [5.41, 5.74) is 3.27. The van der Waals surface area contributed by atoms with Gasteiger partial charge in [-0.25, -0.2) is 4.99 Å². The Morgan fingerprint density at radius 1 is 1.05 bits per heavy atom. The van der Waals surface area contributed by atoms with Gasteiger partial charge in [-0.1, -0.05) is 25.7 Å². The molecule has 116 valence electrons. The van der Waals surface area contributed by atoms with Gasteiger partial charge in [0.15, 0.2) is 5.58 Å². The molecule has 1 atom stereocenters. The van der Waals surface area contributed by atoms with Crippen LogP contribution in [0.15, 0.2) is 23.2 Å². The Kier molecular flexibility index (Phi) is 4.76. The van der Waals surface area contributed by atoms with Gasteiger partial charge in [-0.3, -0.25) is 4.67 Å². The third-order valence-electron chi connectivity index (χ3n) is 3.82. The van der Waals surface area contributed by atoms with Crippen LogP contribution in [0.1, 0.15) is 13.8 Å². The summed E-state index contributed by atoms with van der Waals surface area (Å²) in [6.45, 7) is 6.26. The zero-order valence-electron chi connectivity index (χ0n) is 13.8. The molecule has 1 aromatic carbocycles. The summed E-state index contributed by atoms with van der Waals surface area (Å²) < 4.78 is 2.41. The van der Waals surface area contributed by atoms with Gasteiger partial charge in [-0.15, -0.1) is 0 Å². The third-order valence-corrected chi connectivity index (χ3v) is 9.01. The minimum absolute atomic E-state index is 0.951. The smallest absolute Gasteiger partial charge is 0.156 e. The van der Waals surface area contributed by atoms with E-state index in [1.165, 1.54) is 11.0 Å². The van der Waals surface area contributed by atoms with Crippen molar-refractivity contribution in [3.63, 3.8) is 0 Å². The average Bonchev–Trinajstić information content (AvgIpc) is 2.74. The van der Waals surface area contributed by atoms with Crippen molar-refractivity contribution in [1.29, 1.82) is 0 Å². The number of aliphatic imine (C=N–C) groups is 1. The van der Waals surface area contributed by atoms with E-state index in [-0.39, 0.29) is 0 Å². The molecular formula is C15H25N4PS. The Morgan fingerprint density at radius 2 is 1.67 bits per heavy atom. The first-order valence-corrected chi connectivity index (χ1v) is 10.1. The SMILES string of the molecule is CCN(CC)P1(=S)C(N(C)C)=Nc2ccc(N(C)C)cc21. The van der Waals surface area contributed by atoms with Gasteiger partial charge >= 0.3 is 0 Å². The van der Waals surface area contributed by atoms with Gasteiger partial charge in [0.1, 0.15) is 6.19 Å². The van der Waals surface area contributed by atoms with Gasteiger partial charge < -0.3 is 9.80 Å². The molecule has 0 fully saturated rings. The van der Waals surface area contributed by atoms with Crippen molar-refractivity contribution in [2.24, 2.45) is 4.99 Å². The fraction of sp³-hybridized carbons (Fsp3) is 0.533. The number of amidine groups is 1. The summed E-state index contributed by atoms with van der Waals surface area (Å²) in [5.74, 6) is 0. The Hall–Kier alpha value is -0.900. The zero-order chi connectivity index (χ0) is 15.8. The van der Waals surface area contributed by atoms with Crippen LogP contribution in [0.5, 0.6) is 0 Å². The quantitative estimate of drug-likeness (QED) is 0.794. The van der Waals surface area contributed by atoms with E-state index < -0.39 is 6.19 Å². The number of hydrogen-bond acceptors (Lipinski definition) is 4. The maximum atomic E-state index is 6.23. The molecule has 1 aliphatic heterocycles. The molecular weight excluding hydrogens is 299 g/mol. The molecule has 0 N–H and O–H groups in total. The lowest BCUT2D eigenvalue weighted by Gasteiger charge is -2.34. The van der Waals surface area contributed by atoms with Crippen LogP contribution in [0.3, 0.4) is 0 Å². The largest absolute Gasteiger partial charge is 0.378 e. The standard InChI is InChI=1S/C15H25N4PS/c1-7-19(8-2)20(21)14-11-12(17(3)4)9-10-13(14)16-15(20)18(5)6/h9-11H,7-8H2,1-6H3. The maximum Gasteiger partial charge on any atom is 0.156 e. The first kappa shape index (κ1) is 16.5. The van der Waals surface area contributed by atoms with Crippen LogP contribution in [-0.4, -0.2) is 56.4 Å². The van der Waals surface area contributed by atoms with E-state index in [4.69, 9.17) is 16.8 Å². The van der Waals surface area contributed by atoms with E-state index in [0.717, 1.165) is 24.4 Å². The van der Waals surface area contributed by atoms with E-state index in [0.29, 0.717) is 0 Å². The van der Waals surface area contributed by atoms with Crippen molar-refractivity contribution in [2.45, 2.75) is 13.8 Å². The highest BCUT2D eigenvalue weighted by Crippen LogP contribution is 2.57. The monoisotopic (exact) mass is 324 g/mol. The number of benzene rings is 1. The molecule has 4 nitrogen and oxygen atoms in total. The molecule has 0 radical (unpaired) electrons. The topological polar surface area (TPSA) is 22.1 Å². The first-order valence-electron chi connectivity index (χ1n) is 7.30. The molecule has 0 aliphatic carbocycles. The Morgan fingerprint density at radius 3 is 2.14 bits per heavy atom. The lowest BCUT2D eigenvalue weighted by Crippen LogP contribution is -2.33. The summed E-state index contributed by atoms with van der Waals surface area (Å²) in [5, 5.41) is 1.23. The van der Waals surface area contributed by atoms with Crippen LogP contribution in [0, 0.1) is 0 Å². The highest BCUT2D eigenvalue weighted by Gasteiger charge is 2.39. The van der Waals surface area contributed by atoms with E-state index in [9.17, 15) is 0 Å². The second-order valence-electron chi connectivity index (χ2n) is 5.59. The van der Waals surface area contributed by atoms with Crippen molar-refractivity contribution >= 4 is 40.3 Å². The number of anilines is 1. The minimum Gasteiger partial charge on any atom is -0.378 e. The molecule has 0 saturated heterocycles. The van der Waals surface area contributed by atoms with E-state index in [1.54, 1.807) is 0 Å². The van der Waals surface area contributed by atoms with Gasteiger partial charge in [0.2, 0.25) is 0 Å². The fourth-order valence-electron chi connectivity index (χ4n) is 2.68. The lowest BCUT2D eigenvalue weighted by atomic mass is 10.2. The van der Waals surface area contributed by atoms with Gasteiger partial charge in [0.25, 0.3) is 0 Å². The molecule has 0 spiro atoms. The van der Waals surface area contributed by atoms with Crippen molar-refractivity contribution < 1.29 is 0 Å². The number of fused-ring (bicyclic) bond motifs is 1. The molecule has 21 heavy (non-hydrogen) atoms. The summed E-state index contributed by atoms with van der Waals surface area (Å²) in [4.78, 5) is 9.06. The third kappa shape index (κ3) is 2.63. The molecule has 1 heterocycles. The van der Waals surface area contributed by atoms with Crippen molar-refractivity contribution in [3.05, 3.63) is 18.2 Å².